The third-order valence-electron chi connectivity index (χ3n) is 5.27. The van der Waals surface area contributed by atoms with E-state index < -0.39 is 12.0 Å². The second kappa shape index (κ2) is 8.83. The van der Waals surface area contributed by atoms with Gasteiger partial charge in [0.15, 0.2) is 0 Å². The number of para-hydroxylation sites is 2. The molecule has 4 aromatic rings. The van der Waals surface area contributed by atoms with Crippen molar-refractivity contribution >= 4 is 33.7 Å². The molecule has 0 unspecified atom stereocenters. The Labute approximate surface area is 177 Å². The first-order valence-electron chi connectivity index (χ1n) is 10.0. The van der Waals surface area contributed by atoms with E-state index >= 15 is 0 Å². The normalized spacial score (nSPS) is 12.1. The molecule has 0 spiro atoms. The number of carboxylic acids is 1. The molecule has 4 rings (SSSR count). The maximum atomic E-state index is 12.5. The first-order chi connectivity index (χ1) is 15.0. The molecule has 8 heteroatoms. The van der Waals surface area contributed by atoms with Crippen molar-refractivity contribution in [3.8, 4) is 0 Å². The van der Waals surface area contributed by atoms with E-state index in [2.05, 4.69) is 15.3 Å². The summed E-state index contributed by atoms with van der Waals surface area (Å²) >= 11 is 0. The number of nitrogens with one attached hydrogen (secondary N) is 2. The maximum absolute atomic E-state index is 12.5. The molecule has 0 bridgehead atoms. The zero-order chi connectivity index (χ0) is 21.8. The van der Waals surface area contributed by atoms with Crippen molar-refractivity contribution in [3.05, 3.63) is 77.0 Å². The fourth-order valence-electron chi connectivity index (χ4n) is 3.66. The maximum Gasteiger partial charge on any atom is 0.326 e. The number of fused-ring (bicyclic) bond motifs is 2. The molecule has 0 aliphatic heterocycles. The lowest BCUT2D eigenvalue weighted by molar-refractivity contribution is -0.141. The van der Waals surface area contributed by atoms with Crippen LogP contribution in [0.15, 0.2) is 65.8 Å². The lowest BCUT2D eigenvalue weighted by Crippen LogP contribution is -2.42. The van der Waals surface area contributed by atoms with Gasteiger partial charge in [0.2, 0.25) is 5.91 Å². The molecule has 8 nitrogen and oxygen atoms in total. The predicted octanol–water partition coefficient (Wildman–Crippen LogP) is 2.47. The lowest BCUT2D eigenvalue weighted by atomic mass is 10.0. The number of carboxylic acid groups (broad SMARTS) is 1. The Morgan fingerprint density at radius 2 is 1.84 bits per heavy atom. The Kier molecular flexibility index (Phi) is 5.79. The highest BCUT2D eigenvalue weighted by Crippen LogP contribution is 2.19. The molecule has 0 fully saturated rings. The van der Waals surface area contributed by atoms with Crippen molar-refractivity contribution in [1.29, 1.82) is 0 Å². The van der Waals surface area contributed by atoms with Gasteiger partial charge < -0.3 is 15.4 Å². The van der Waals surface area contributed by atoms with Crippen molar-refractivity contribution in [2.24, 2.45) is 0 Å². The van der Waals surface area contributed by atoms with Gasteiger partial charge in [-0.3, -0.25) is 14.2 Å². The Morgan fingerprint density at radius 1 is 1.10 bits per heavy atom. The zero-order valence-electron chi connectivity index (χ0n) is 16.7. The van der Waals surface area contributed by atoms with Crippen LogP contribution in [0, 0.1) is 0 Å². The van der Waals surface area contributed by atoms with Crippen molar-refractivity contribution < 1.29 is 14.7 Å². The molecule has 0 aliphatic carbocycles. The number of carbonyl (C=O) groups is 2. The van der Waals surface area contributed by atoms with Crippen LogP contribution in [0.2, 0.25) is 0 Å². The van der Waals surface area contributed by atoms with E-state index in [-0.39, 0.29) is 24.3 Å². The molecule has 0 radical (unpaired) electrons. The van der Waals surface area contributed by atoms with E-state index in [9.17, 15) is 19.5 Å². The number of hydrogen-bond acceptors (Lipinski definition) is 4. The highest BCUT2D eigenvalue weighted by Gasteiger charge is 2.21. The van der Waals surface area contributed by atoms with E-state index in [1.807, 2.05) is 30.3 Å². The summed E-state index contributed by atoms with van der Waals surface area (Å²) in [6, 6.07) is 13.7. The number of benzene rings is 2. The first-order valence-corrected chi connectivity index (χ1v) is 10.0. The highest BCUT2D eigenvalue weighted by atomic mass is 16.4. The molecule has 0 saturated heterocycles. The van der Waals surface area contributed by atoms with Crippen molar-refractivity contribution in [2.45, 2.75) is 31.8 Å². The van der Waals surface area contributed by atoms with Crippen LogP contribution in [-0.4, -0.2) is 37.6 Å². The minimum Gasteiger partial charge on any atom is -0.480 e. The molecule has 3 N–H and O–H groups in total. The second-order valence-corrected chi connectivity index (χ2v) is 7.39. The zero-order valence-corrected chi connectivity index (χ0v) is 16.7. The summed E-state index contributed by atoms with van der Waals surface area (Å²) in [7, 11) is 0. The Morgan fingerprint density at radius 3 is 2.65 bits per heavy atom. The second-order valence-electron chi connectivity index (χ2n) is 7.39. The Hall–Kier alpha value is -3.94. The number of amides is 1. The molecule has 158 valence electrons. The molecule has 1 amide bonds. The quantitative estimate of drug-likeness (QED) is 0.406. The fraction of sp³-hybridized carbons (Fsp3) is 0.217. The van der Waals surface area contributed by atoms with E-state index in [0.29, 0.717) is 23.9 Å². The summed E-state index contributed by atoms with van der Waals surface area (Å²) in [5, 5.41) is 13.6. The van der Waals surface area contributed by atoms with Crippen LogP contribution >= 0.6 is 0 Å². The van der Waals surface area contributed by atoms with Gasteiger partial charge in [0.05, 0.1) is 17.2 Å². The standard InChI is InChI=1S/C23H22N4O4/c28-21(10-5-11-27-14-25-19-9-4-2-7-17(19)22(27)29)26-20(23(30)31)12-15-13-24-18-8-3-1-6-16(15)18/h1-4,6-9,13-14,20,24H,5,10-12H2,(H,26,28)(H,30,31)/t20-/m0/s1. The molecule has 2 heterocycles. The van der Waals surface area contributed by atoms with Crippen LogP contribution in [-0.2, 0) is 22.6 Å². The smallest absolute Gasteiger partial charge is 0.326 e. The first kappa shape index (κ1) is 20.3. The van der Waals surface area contributed by atoms with Gasteiger partial charge in [0.25, 0.3) is 5.56 Å². The SMILES string of the molecule is O=C(CCCn1cnc2ccccc2c1=O)N[C@@H](Cc1c[nH]c2ccccc12)C(=O)O. The molecule has 2 aromatic heterocycles. The molecule has 0 saturated carbocycles. The number of hydrogen-bond donors (Lipinski definition) is 3. The largest absolute Gasteiger partial charge is 0.480 e. The van der Waals surface area contributed by atoms with E-state index in [0.717, 1.165) is 16.5 Å². The van der Waals surface area contributed by atoms with Gasteiger partial charge in [-0.25, -0.2) is 9.78 Å². The minimum absolute atomic E-state index is 0.108. The van der Waals surface area contributed by atoms with E-state index in [1.165, 1.54) is 10.9 Å². The van der Waals surface area contributed by atoms with Crippen LogP contribution in [0.25, 0.3) is 21.8 Å². The van der Waals surface area contributed by atoms with Gasteiger partial charge in [-0.05, 0) is 30.2 Å². The van der Waals surface area contributed by atoms with Crippen LogP contribution in [0.5, 0.6) is 0 Å². The summed E-state index contributed by atoms with van der Waals surface area (Å²) in [5.74, 6) is -1.46. The third kappa shape index (κ3) is 4.48. The van der Waals surface area contributed by atoms with Crippen molar-refractivity contribution in [1.82, 2.24) is 19.9 Å². The summed E-state index contributed by atoms with van der Waals surface area (Å²) in [4.78, 5) is 43.9. The van der Waals surface area contributed by atoms with Gasteiger partial charge >= 0.3 is 5.97 Å². The number of carbonyl (C=O) groups excluding carboxylic acids is 1. The third-order valence-corrected chi connectivity index (χ3v) is 5.27. The van der Waals surface area contributed by atoms with Crippen LogP contribution in [0.4, 0.5) is 0 Å². The van der Waals surface area contributed by atoms with Gasteiger partial charge in [0, 0.05) is 36.5 Å². The molecule has 31 heavy (non-hydrogen) atoms. The average molecular weight is 418 g/mol. The number of rotatable bonds is 8. The Balaban J connectivity index is 1.36. The summed E-state index contributed by atoms with van der Waals surface area (Å²) in [6.45, 7) is 0.324. The highest BCUT2D eigenvalue weighted by molar-refractivity contribution is 5.86. The summed E-state index contributed by atoms with van der Waals surface area (Å²) in [5.41, 5.74) is 2.22. The number of aryl methyl sites for hydroxylation is 1. The van der Waals surface area contributed by atoms with Gasteiger partial charge in [-0.2, -0.15) is 0 Å². The van der Waals surface area contributed by atoms with Crippen molar-refractivity contribution in [2.75, 3.05) is 0 Å². The average Bonchev–Trinajstić information content (AvgIpc) is 3.18. The van der Waals surface area contributed by atoms with Gasteiger partial charge in [-0.15, -0.1) is 0 Å². The van der Waals surface area contributed by atoms with Gasteiger partial charge in [0.1, 0.15) is 6.04 Å². The molecular weight excluding hydrogens is 396 g/mol. The van der Waals surface area contributed by atoms with Crippen LogP contribution in [0.1, 0.15) is 18.4 Å². The van der Waals surface area contributed by atoms with Crippen molar-refractivity contribution in [3.63, 3.8) is 0 Å². The number of nitrogens with zero attached hydrogens (tertiary/aromatic N) is 2. The summed E-state index contributed by atoms with van der Waals surface area (Å²) < 4.78 is 1.47. The topological polar surface area (TPSA) is 117 Å². The summed E-state index contributed by atoms with van der Waals surface area (Å²) in [6.07, 6.45) is 3.92. The molecule has 0 aliphatic rings. The van der Waals surface area contributed by atoms with E-state index in [4.69, 9.17) is 0 Å². The number of H-pyrrole nitrogens is 1. The molecule has 2 aromatic carbocycles. The van der Waals surface area contributed by atoms with Gasteiger partial charge in [-0.1, -0.05) is 30.3 Å². The predicted molar refractivity (Wildman–Crippen MR) is 117 cm³/mol. The van der Waals surface area contributed by atoms with Crippen LogP contribution in [0.3, 0.4) is 0 Å². The lowest BCUT2D eigenvalue weighted by Gasteiger charge is -2.14. The number of aromatic amines is 1. The monoisotopic (exact) mass is 418 g/mol. The molecule has 1 atom stereocenters. The fourth-order valence-corrected chi connectivity index (χ4v) is 3.66. The van der Waals surface area contributed by atoms with Crippen LogP contribution < -0.4 is 10.9 Å². The number of aromatic nitrogens is 3. The minimum atomic E-state index is -1.09. The molecular formula is C23H22N4O4. The van der Waals surface area contributed by atoms with E-state index in [1.54, 1.807) is 24.4 Å². The number of aliphatic carboxylic acids is 1. The Bertz CT molecular complexity index is 1310.